The van der Waals surface area contributed by atoms with Crippen molar-refractivity contribution in [2.45, 2.75) is 19.4 Å². The van der Waals surface area contributed by atoms with E-state index in [0.29, 0.717) is 5.75 Å². The van der Waals surface area contributed by atoms with Gasteiger partial charge in [-0.05, 0) is 24.5 Å². The van der Waals surface area contributed by atoms with Crippen LogP contribution < -0.4 is 0 Å². The van der Waals surface area contributed by atoms with Gasteiger partial charge in [0.05, 0.1) is 0 Å². The van der Waals surface area contributed by atoms with Crippen molar-refractivity contribution in [1.82, 2.24) is 9.55 Å². The van der Waals surface area contributed by atoms with E-state index >= 15 is 0 Å². The summed E-state index contributed by atoms with van der Waals surface area (Å²) in [5.74, 6) is 1.19. The predicted octanol–water partition coefficient (Wildman–Crippen LogP) is 2.99. The number of aromatic nitrogens is 2. The Morgan fingerprint density at radius 3 is 2.83 bits per heavy atom. The van der Waals surface area contributed by atoms with Gasteiger partial charge in [0.25, 0.3) is 0 Å². The molecule has 5 heteroatoms. The number of benzene rings is 1. The summed E-state index contributed by atoms with van der Waals surface area (Å²) in [4.78, 5) is 4.13. The maximum atomic E-state index is 9.63. The summed E-state index contributed by atoms with van der Waals surface area (Å²) in [5.41, 5.74) is 0.983. The lowest BCUT2D eigenvalue weighted by Crippen LogP contribution is -2.02. The number of rotatable bonds is 5. The first-order chi connectivity index (χ1) is 8.31. The van der Waals surface area contributed by atoms with Gasteiger partial charge in [0.15, 0.2) is 0 Å². The molecule has 96 valence electrons. The summed E-state index contributed by atoms with van der Waals surface area (Å²) in [6, 6.07) is 7.44. The molecule has 1 heterocycles. The zero-order chi connectivity index (χ0) is 12.1. The first kappa shape index (κ1) is 14.7. The molecule has 18 heavy (non-hydrogen) atoms. The van der Waals surface area contributed by atoms with E-state index in [1.54, 1.807) is 17.6 Å². The normalized spacial score (nSPS) is 9.78. The average Bonchev–Trinajstić information content (AvgIpc) is 2.79. The van der Waals surface area contributed by atoms with Gasteiger partial charge in [0, 0.05) is 24.3 Å². The Morgan fingerprint density at radius 2 is 2.11 bits per heavy atom. The molecule has 0 spiro atoms. The Kier molecular flexibility index (Phi) is 5.82. The lowest BCUT2D eigenvalue weighted by molar-refractivity contribution is 0.465. The molecule has 0 saturated carbocycles. The fraction of sp³-hybridized carbons (Fsp3) is 0.231. The van der Waals surface area contributed by atoms with Crippen molar-refractivity contribution < 1.29 is 5.11 Å². The average molecular weight is 283 g/mol. The topological polar surface area (TPSA) is 38.0 Å². The van der Waals surface area contributed by atoms with Crippen LogP contribution in [0, 0.1) is 0 Å². The number of hydrogen-bond acceptors (Lipinski definition) is 3. The highest BCUT2D eigenvalue weighted by Gasteiger charge is 2.01. The molecule has 0 bridgehead atoms. The van der Waals surface area contributed by atoms with Gasteiger partial charge < -0.3 is 9.67 Å². The molecule has 0 radical (unpaired) electrons. The van der Waals surface area contributed by atoms with Crippen molar-refractivity contribution in [3.8, 4) is 5.75 Å². The van der Waals surface area contributed by atoms with E-state index in [9.17, 15) is 5.11 Å². The van der Waals surface area contributed by atoms with Crippen LogP contribution in [0.15, 0.2) is 36.7 Å². The fourth-order valence-electron chi connectivity index (χ4n) is 1.79. The van der Waals surface area contributed by atoms with Crippen LogP contribution in [0.4, 0.5) is 0 Å². The van der Waals surface area contributed by atoms with Crippen molar-refractivity contribution in [1.29, 1.82) is 0 Å². The van der Waals surface area contributed by atoms with Gasteiger partial charge in [-0.2, -0.15) is 0 Å². The summed E-state index contributed by atoms with van der Waals surface area (Å²) < 4.78 is 2.02. The maximum absolute atomic E-state index is 9.63. The van der Waals surface area contributed by atoms with Gasteiger partial charge in [-0.15, -0.1) is 12.4 Å². The number of para-hydroxylation sites is 1. The smallest absolute Gasteiger partial charge is 0.143 e. The van der Waals surface area contributed by atoms with Crippen LogP contribution in [-0.2, 0) is 13.0 Å². The standard InChI is InChI=1S/C13H14N2OS.ClH/c16-12-6-2-1-4-11(12)5-3-8-15-9-7-14-13(15)10-17;/h1-2,4,6-7,9-10,16H,3,5,8H2;1H. The Balaban J connectivity index is 0.00000162. The van der Waals surface area contributed by atoms with Crippen molar-refractivity contribution in [2.24, 2.45) is 0 Å². The van der Waals surface area contributed by atoms with Crippen LogP contribution in [-0.4, -0.2) is 20.0 Å². The molecule has 0 aliphatic heterocycles. The summed E-state index contributed by atoms with van der Waals surface area (Å²) in [5, 5.41) is 11.2. The Morgan fingerprint density at radius 1 is 1.33 bits per heavy atom. The minimum Gasteiger partial charge on any atom is -0.508 e. The van der Waals surface area contributed by atoms with Crippen LogP contribution >= 0.6 is 24.6 Å². The monoisotopic (exact) mass is 282 g/mol. The number of aromatic hydroxyl groups is 1. The Bertz CT molecular complexity index is 513. The second-order valence-electron chi connectivity index (χ2n) is 3.83. The largest absolute Gasteiger partial charge is 0.508 e. The molecule has 0 aliphatic rings. The van der Waals surface area contributed by atoms with Crippen LogP contribution in [0.5, 0.6) is 5.75 Å². The molecule has 2 aromatic rings. The highest BCUT2D eigenvalue weighted by Crippen LogP contribution is 2.17. The zero-order valence-electron chi connectivity index (χ0n) is 9.82. The lowest BCUT2D eigenvalue weighted by atomic mass is 10.1. The number of halogens is 1. The summed E-state index contributed by atoms with van der Waals surface area (Å²) in [6.45, 7) is 0.858. The minimum atomic E-state index is 0. The molecular weight excluding hydrogens is 268 g/mol. The molecule has 1 aromatic heterocycles. The van der Waals surface area contributed by atoms with Gasteiger partial charge in [-0.3, -0.25) is 0 Å². The molecular formula is C13H15ClN2OS. The summed E-state index contributed by atoms with van der Waals surface area (Å²) >= 11 is 4.88. The fourth-order valence-corrected chi connectivity index (χ4v) is 1.99. The SMILES string of the molecule is Cl.Oc1ccccc1CCCn1ccnc1C=S. The molecule has 1 aromatic carbocycles. The van der Waals surface area contributed by atoms with Gasteiger partial charge in [-0.25, -0.2) is 4.98 Å². The quantitative estimate of drug-likeness (QED) is 0.857. The molecule has 0 saturated heterocycles. The van der Waals surface area contributed by atoms with E-state index in [1.807, 2.05) is 29.0 Å². The van der Waals surface area contributed by atoms with Crippen molar-refractivity contribution in [2.75, 3.05) is 0 Å². The second kappa shape index (κ2) is 7.13. The van der Waals surface area contributed by atoms with E-state index in [2.05, 4.69) is 4.98 Å². The van der Waals surface area contributed by atoms with Gasteiger partial charge in [0.2, 0.25) is 0 Å². The van der Waals surface area contributed by atoms with E-state index < -0.39 is 0 Å². The number of phenols is 1. The van der Waals surface area contributed by atoms with Gasteiger partial charge >= 0.3 is 0 Å². The van der Waals surface area contributed by atoms with E-state index in [1.165, 1.54) is 0 Å². The molecule has 2 rings (SSSR count). The predicted molar refractivity (Wildman–Crippen MR) is 78.7 cm³/mol. The molecule has 0 aliphatic carbocycles. The zero-order valence-corrected chi connectivity index (χ0v) is 11.5. The molecule has 3 nitrogen and oxygen atoms in total. The molecule has 0 amide bonds. The number of nitrogens with zero attached hydrogens (tertiary/aromatic N) is 2. The van der Waals surface area contributed by atoms with Crippen molar-refractivity contribution >= 4 is 30.0 Å². The molecule has 0 atom stereocenters. The van der Waals surface area contributed by atoms with Crippen LogP contribution in [0.3, 0.4) is 0 Å². The van der Waals surface area contributed by atoms with E-state index in [-0.39, 0.29) is 12.4 Å². The number of imidazole rings is 1. The van der Waals surface area contributed by atoms with E-state index in [4.69, 9.17) is 12.2 Å². The number of hydrogen-bond donors (Lipinski definition) is 1. The maximum Gasteiger partial charge on any atom is 0.143 e. The number of aryl methyl sites for hydroxylation is 2. The molecule has 0 unspecified atom stereocenters. The third-order valence-corrected chi connectivity index (χ3v) is 2.90. The highest BCUT2D eigenvalue weighted by atomic mass is 35.5. The van der Waals surface area contributed by atoms with Crippen molar-refractivity contribution in [3.63, 3.8) is 0 Å². The Hall–Kier alpha value is -1.39. The third kappa shape index (κ3) is 3.55. The Labute approximate surface area is 118 Å². The number of phenolic OH excluding ortho intramolecular Hbond substituents is 1. The van der Waals surface area contributed by atoms with Crippen molar-refractivity contribution in [3.05, 3.63) is 48.0 Å². The lowest BCUT2D eigenvalue weighted by Gasteiger charge is -2.06. The molecule has 1 N–H and O–H groups in total. The summed E-state index contributed by atoms with van der Waals surface area (Å²) in [7, 11) is 0. The van der Waals surface area contributed by atoms with Crippen LogP contribution in [0.25, 0.3) is 0 Å². The van der Waals surface area contributed by atoms with E-state index in [0.717, 1.165) is 30.8 Å². The first-order valence-corrected chi connectivity index (χ1v) is 6.01. The van der Waals surface area contributed by atoms with Crippen LogP contribution in [0.2, 0.25) is 0 Å². The highest BCUT2D eigenvalue weighted by molar-refractivity contribution is 7.79. The first-order valence-electron chi connectivity index (χ1n) is 5.54. The summed E-state index contributed by atoms with van der Waals surface area (Å²) in [6.07, 6.45) is 5.47. The minimum absolute atomic E-state index is 0. The van der Waals surface area contributed by atoms with Crippen LogP contribution in [0.1, 0.15) is 17.8 Å². The van der Waals surface area contributed by atoms with Gasteiger partial charge in [0.1, 0.15) is 11.6 Å². The molecule has 0 fully saturated rings. The second-order valence-corrected chi connectivity index (χ2v) is 4.06. The number of thiocarbonyl (C=S) groups is 1. The van der Waals surface area contributed by atoms with Gasteiger partial charge in [-0.1, -0.05) is 30.4 Å². The third-order valence-electron chi connectivity index (χ3n) is 2.69.